The number of fused-ring (bicyclic) bond motifs is 4. The topological polar surface area (TPSA) is 29.5 Å². The first-order valence-electron chi connectivity index (χ1n) is 9.61. The lowest BCUT2D eigenvalue weighted by Gasteiger charge is -2.54. The average Bonchev–Trinajstić information content (AvgIpc) is 2.97. The van der Waals surface area contributed by atoms with Crippen LogP contribution in [0.4, 0.5) is 0 Å². The van der Waals surface area contributed by atoms with Crippen LogP contribution >= 0.6 is 0 Å². The third kappa shape index (κ3) is 1.99. The number of methoxy groups -OCH3 is 1. The molecule has 0 aromatic carbocycles. The van der Waals surface area contributed by atoms with Gasteiger partial charge in [0.25, 0.3) is 0 Å². The maximum absolute atomic E-state index is 11.3. The highest BCUT2D eigenvalue weighted by Crippen LogP contribution is 2.62. The third-order valence-corrected chi connectivity index (χ3v) is 7.87. The summed E-state index contributed by atoms with van der Waals surface area (Å²) in [5.41, 5.74) is 3.13. The summed E-state index contributed by atoms with van der Waals surface area (Å²) in [6.07, 6.45) is 13.8. The van der Waals surface area contributed by atoms with Crippen molar-refractivity contribution >= 4 is 0 Å². The molecular formula is C20H32O2. The molecule has 1 N–H and O–H groups in total. The minimum absolute atomic E-state index is 0.246. The molecule has 124 valence electrons. The minimum atomic E-state index is -0.532. The predicted octanol–water partition coefficient (Wildman–Crippen LogP) is 4.61. The van der Waals surface area contributed by atoms with Crippen LogP contribution in [-0.4, -0.2) is 23.9 Å². The second-order valence-corrected chi connectivity index (χ2v) is 8.46. The molecule has 4 rings (SSSR count). The van der Waals surface area contributed by atoms with Crippen molar-refractivity contribution in [3.8, 4) is 0 Å². The summed E-state index contributed by atoms with van der Waals surface area (Å²) in [6, 6.07) is 0. The van der Waals surface area contributed by atoms with Gasteiger partial charge in [-0.25, -0.2) is 0 Å². The van der Waals surface area contributed by atoms with Crippen LogP contribution in [0.3, 0.4) is 0 Å². The number of aliphatic hydroxyl groups is 1. The number of hydrogen-bond acceptors (Lipinski definition) is 2. The average molecular weight is 304 g/mol. The van der Waals surface area contributed by atoms with E-state index in [9.17, 15) is 5.11 Å². The summed E-state index contributed by atoms with van der Waals surface area (Å²) in [5, 5.41) is 11.3. The summed E-state index contributed by atoms with van der Waals surface area (Å²) in [7, 11) is 1.87. The molecule has 0 bridgehead atoms. The molecule has 0 heterocycles. The molecule has 2 nitrogen and oxygen atoms in total. The smallest absolute Gasteiger partial charge is 0.0884 e. The molecule has 4 aliphatic carbocycles. The molecule has 3 saturated carbocycles. The van der Waals surface area contributed by atoms with Crippen molar-refractivity contribution < 1.29 is 9.84 Å². The van der Waals surface area contributed by atoms with Crippen molar-refractivity contribution in [1.82, 2.24) is 0 Å². The zero-order valence-corrected chi connectivity index (χ0v) is 14.4. The van der Waals surface area contributed by atoms with Gasteiger partial charge in [-0.3, -0.25) is 0 Å². The van der Waals surface area contributed by atoms with Gasteiger partial charge in [-0.1, -0.05) is 25.3 Å². The van der Waals surface area contributed by atoms with Crippen LogP contribution in [0.25, 0.3) is 0 Å². The molecule has 0 radical (unpaired) electrons. The van der Waals surface area contributed by atoms with Crippen molar-refractivity contribution in [3.63, 3.8) is 0 Å². The zero-order chi connectivity index (χ0) is 15.4. The summed E-state index contributed by atoms with van der Waals surface area (Å²) < 4.78 is 5.98. The van der Waals surface area contributed by atoms with E-state index in [0.29, 0.717) is 11.3 Å². The van der Waals surface area contributed by atoms with E-state index >= 15 is 0 Å². The summed E-state index contributed by atoms with van der Waals surface area (Å²) in [6.45, 7) is 2.40. The van der Waals surface area contributed by atoms with Gasteiger partial charge in [0.2, 0.25) is 0 Å². The van der Waals surface area contributed by atoms with Crippen LogP contribution in [0.1, 0.15) is 77.6 Å². The maximum atomic E-state index is 11.3. The van der Waals surface area contributed by atoms with Crippen LogP contribution in [-0.2, 0) is 4.74 Å². The molecule has 0 aromatic rings. The highest BCUT2D eigenvalue weighted by Gasteiger charge is 2.56. The molecule has 0 amide bonds. The Morgan fingerprint density at radius 1 is 1.14 bits per heavy atom. The quantitative estimate of drug-likeness (QED) is 0.755. The van der Waals surface area contributed by atoms with Crippen molar-refractivity contribution in [2.75, 3.05) is 7.11 Å². The molecule has 5 atom stereocenters. The Balaban J connectivity index is 1.78. The van der Waals surface area contributed by atoms with Crippen molar-refractivity contribution in [2.24, 2.45) is 17.3 Å². The summed E-state index contributed by atoms with van der Waals surface area (Å²) in [4.78, 5) is 0. The van der Waals surface area contributed by atoms with Gasteiger partial charge in [0.1, 0.15) is 0 Å². The SMILES string of the molecule is CC[C@@]12CCC[C@H]1[C@H]1C(=C3CCCC[C@]3(O)C[C@H]1OC)CC2. The molecule has 3 fully saturated rings. The van der Waals surface area contributed by atoms with E-state index in [4.69, 9.17) is 4.74 Å². The monoisotopic (exact) mass is 304 g/mol. The van der Waals surface area contributed by atoms with Crippen molar-refractivity contribution in [3.05, 3.63) is 11.1 Å². The molecule has 22 heavy (non-hydrogen) atoms. The molecule has 0 saturated heterocycles. The Labute approximate surface area is 135 Å². The Morgan fingerprint density at radius 3 is 2.77 bits per heavy atom. The van der Waals surface area contributed by atoms with E-state index in [-0.39, 0.29) is 6.10 Å². The van der Waals surface area contributed by atoms with Gasteiger partial charge >= 0.3 is 0 Å². The fourth-order valence-corrected chi connectivity index (χ4v) is 6.76. The second-order valence-electron chi connectivity index (χ2n) is 8.46. The van der Waals surface area contributed by atoms with E-state index in [2.05, 4.69) is 6.92 Å². The Kier molecular flexibility index (Phi) is 3.69. The summed E-state index contributed by atoms with van der Waals surface area (Å²) in [5.74, 6) is 1.42. The Bertz CT molecular complexity index is 482. The van der Waals surface area contributed by atoms with E-state index in [1.807, 2.05) is 7.11 Å². The van der Waals surface area contributed by atoms with E-state index in [1.54, 1.807) is 5.57 Å². The highest BCUT2D eigenvalue weighted by molar-refractivity contribution is 5.35. The molecule has 0 spiro atoms. The van der Waals surface area contributed by atoms with Crippen LogP contribution in [0, 0.1) is 17.3 Å². The molecule has 0 aromatic heterocycles. The first-order valence-corrected chi connectivity index (χ1v) is 9.61. The highest BCUT2D eigenvalue weighted by atomic mass is 16.5. The van der Waals surface area contributed by atoms with Gasteiger partial charge in [-0.05, 0) is 68.3 Å². The van der Waals surface area contributed by atoms with Gasteiger partial charge in [0.15, 0.2) is 0 Å². The molecule has 2 heteroatoms. The van der Waals surface area contributed by atoms with Gasteiger partial charge in [0, 0.05) is 19.4 Å². The third-order valence-electron chi connectivity index (χ3n) is 7.87. The van der Waals surface area contributed by atoms with Crippen LogP contribution < -0.4 is 0 Å². The normalized spacial score (nSPS) is 47.9. The fraction of sp³-hybridized carbons (Fsp3) is 0.900. The Hall–Kier alpha value is -0.340. The van der Waals surface area contributed by atoms with Gasteiger partial charge in [0.05, 0.1) is 11.7 Å². The summed E-state index contributed by atoms with van der Waals surface area (Å²) >= 11 is 0. The molecular weight excluding hydrogens is 272 g/mol. The van der Waals surface area contributed by atoms with Gasteiger partial charge in [-0.15, -0.1) is 0 Å². The number of hydrogen-bond donors (Lipinski definition) is 1. The lowest BCUT2D eigenvalue weighted by atomic mass is 9.53. The maximum Gasteiger partial charge on any atom is 0.0884 e. The van der Waals surface area contributed by atoms with E-state index < -0.39 is 5.60 Å². The predicted molar refractivity (Wildman–Crippen MR) is 88.6 cm³/mol. The Morgan fingerprint density at radius 2 is 2.00 bits per heavy atom. The van der Waals surface area contributed by atoms with Gasteiger partial charge < -0.3 is 9.84 Å². The largest absolute Gasteiger partial charge is 0.385 e. The van der Waals surface area contributed by atoms with Crippen molar-refractivity contribution in [1.29, 1.82) is 0 Å². The van der Waals surface area contributed by atoms with Crippen LogP contribution in [0.2, 0.25) is 0 Å². The lowest BCUT2D eigenvalue weighted by Crippen LogP contribution is -2.52. The molecule has 4 aliphatic rings. The zero-order valence-electron chi connectivity index (χ0n) is 14.4. The minimum Gasteiger partial charge on any atom is -0.385 e. The van der Waals surface area contributed by atoms with Crippen molar-refractivity contribution in [2.45, 2.75) is 89.3 Å². The van der Waals surface area contributed by atoms with E-state index in [1.165, 1.54) is 56.9 Å². The second kappa shape index (κ2) is 5.34. The molecule has 0 aliphatic heterocycles. The van der Waals surface area contributed by atoms with E-state index in [0.717, 1.165) is 25.2 Å². The first kappa shape index (κ1) is 15.2. The number of ether oxygens (including phenoxy) is 1. The van der Waals surface area contributed by atoms with Crippen LogP contribution in [0.5, 0.6) is 0 Å². The fourth-order valence-electron chi connectivity index (χ4n) is 6.76. The lowest BCUT2D eigenvalue weighted by molar-refractivity contribution is -0.0785. The van der Waals surface area contributed by atoms with Gasteiger partial charge in [-0.2, -0.15) is 0 Å². The first-order chi connectivity index (χ1) is 10.6. The molecule has 0 unspecified atom stereocenters. The van der Waals surface area contributed by atoms with Crippen LogP contribution in [0.15, 0.2) is 11.1 Å². The number of rotatable bonds is 2. The standard InChI is InChI=1S/C20H32O2/c1-3-19-10-6-8-16(19)18-14(9-12-19)15-7-4-5-11-20(15,21)13-17(18)22-2/h16-18,21H,3-13H2,1-2H3/t16-,17+,18+,19-,20-/m0/s1.